The first-order valence-corrected chi connectivity index (χ1v) is 6.64. The topological polar surface area (TPSA) is 83.5 Å². The summed E-state index contributed by atoms with van der Waals surface area (Å²) in [6.45, 7) is 8.06. The number of esters is 1. The largest absolute Gasteiger partial charge is 1.00 e. The molecule has 0 rings (SSSR count). The number of rotatable bonds is 5. The molecular formula is C10H19NaO5S. The van der Waals surface area contributed by atoms with Gasteiger partial charge in [-0.3, -0.25) is 4.79 Å². The SMILES string of the molecule is CCC(C)(C)C(=O)OC(C)(C)CS(=O)(=O)[O-].[Na+]. The molecule has 7 heteroatoms. The molecule has 0 atom stereocenters. The summed E-state index contributed by atoms with van der Waals surface area (Å²) in [6, 6.07) is 0. The molecule has 0 N–H and O–H groups in total. The fourth-order valence-corrected chi connectivity index (χ4v) is 1.90. The van der Waals surface area contributed by atoms with Crippen LogP contribution in [0.5, 0.6) is 0 Å². The monoisotopic (exact) mass is 274 g/mol. The van der Waals surface area contributed by atoms with Crippen LogP contribution in [-0.2, 0) is 19.6 Å². The minimum atomic E-state index is -4.41. The van der Waals surface area contributed by atoms with E-state index in [1.807, 2.05) is 6.92 Å². The summed E-state index contributed by atoms with van der Waals surface area (Å²) in [5.41, 5.74) is -1.96. The predicted molar refractivity (Wildman–Crippen MR) is 58.8 cm³/mol. The molecule has 0 aromatic heterocycles. The van der Waals surface area contributed by atoms with Crippen LogP contribution in [0.3, 0.4) is 0 Å². The van der Waals surface area contributed by atoms with Gasteiger partial charge in [0.15, 0.2) is 0 Å². The van der Waals surface area contributed by atoms with Crippen LogP contribution in [0, 0.1) is 5.41 Å². The minimum Gasteiger partial charge on any atom is -0.748 e. The van der Waals surface area contributed by atoms with Gasteiger partial charge in [-0.1, -0.05) is 6.92 Å². The van der Waals surface area contributed by atoms with Crippen LogP contribution < -0.4 is 29.6 Å². The molecule has 96 valence electrons. The molecule has 0 aromatic carbocycles. The Morgan fingerprint density at radius 3 is 1.94 bits per heavy atom. The third-order valence-corrected chi connectivity index (χ3v) is 3.38. The van der Waals surface area contributed by atoms with E-state index in [4.69, 9.17) is 4.74 Å². The van der Waals surface area contributed by atoms with Gasteiger partial charge in [-0.15, -0.1) is 0 Å². The quantitative estimate of drug-likeness (QED) is 0.339. The van der Waals surface area contributed by atoms with Gasteiger partial charge in [-0.05, 0) is 34.1 Å². The van der Waals surface area contributed by atoms with Crippen molar-refractivity contribution in [3.8, 4) is 0 Å². The molecule has 0 amide bonds. The Kier molecular flexibility index (Phi) is 7.56. The van der Waals surface area contributed by atoms with Crippen molar-refractivity contribution >= 4 is 16.1 Å². The molecule has 0 aliphatic rings. The second-order valence-corrected chi connectivity index (χ2v) is 6.49. The third-order valence-electron chi connectivity index (χ3n) is 2.33. The zero-order valence-electron chi connectivity index (χ0n) is 11.4. The maximum atomic E-state index is 11.7. The number of ether oxygens (including phenoxy) is 1. The van der Waals surface area contributed by atoms with Gasteiger partial charge in [0.05, 0.1) is 21.3 Å². The van der Waals surface area contributed by atoms with Crippen LogP contribution in [0.1, 0.15) is 41.0 Å². The van der Waals surface area contributed by atoms with Crippen molar-refractivity contribution in [2.24, 2.45) is 5.41 Å². The molecule has 0 unspecified atom stereocenters. The minimum absolute atomic E-state index is 0. The summed E-state index contributed by atoms with van der Waals surface area (Å²) in [5, 5.41) is 0. The van der Waals surface area contributed by atoms with Crippen LogP contribution in [0.4, 0.5) is 0 Å². The van der Waals surface area contributed by atoms with E-state index < -0.39 is 32.9 Å². The van der Waals surface area contributed by atoms with Gasteiger partial charge >= 0.3 is 35.5 Å². The van der Waals surface area contributed by atoms with Gasteiger partial charge in [-0.2, -0.15) is 0 Å². The molecule has 0 saturated heterocycles. The van der Waals surface area contributed by atoms with E-state index in [0.717, 1.165) is 0 Å². The van der Waals surface area contributed by atoms with E-state index in [-0.39, 0.29) is 29.6 Å². The van der Waals surface area contributed by atoms with E-state index in [1.165, 1.54) is 13.8 Å². The van der Waals surface area contributed by atoms with Crippen LogP contribution in [-0.4, -0.2) is 30.3 Å². The first-order chi connectivity index (χ1) is 6.90. The number of carbonyl (C=O) groups excluding carboxylic acids is 1. The van der Waals surface area contributed by atoms with Gasteiger partial charge in [0.2, 0.25) is 0 Å². The van der Waals surface area contributed by atoms with Gasteiger partial charge < -0.3 is 9.29 Å². The molecule has 0 aliphatic carbocycles. The van der Waals surface area contributed by atoms with Crippen molar-refractivity contribution in [3.05, 3.63) is 0 Å². The molecule has 0 fully saturated rings. The van der Waals surface area contributed by atoms with Gasteiger partial charge in [0.1, 0.15) is 5.60 Å². The molecule has 17 heavy (non-hydrogen) atoms. The standard InChI is InChI=1S/C10H20O5S.Na/c1-6-9(2,3)8(11)15-10(4,5)7-16(12,13)14;/h6-7H2,1-5H3,(H,12,13,14);/q;+1/p-1. The molecule has 0 saturated carbocycles. The molecule has 5 nitrogen and oxygen atoms in total. The number of hydrogen-bond acceptors (Lipinski definition) is 5. The Labute approximate surface area is 125 Å². The van der Waals surface area contributed by atoms with E-state index >= 15 is 0 Å². The van der Waals surface area contributed by atoms with Crippen molar-refractivity contribution in [2.45, 2.75) is 46.6 Å². The smallest absolute Gasteiger partial charge is 0.748 e. The normalized spacial score (nSPS) is 12.8. The predicted octanol–water partition coefficient (Wildman–Crippen LogP) is -1.71. The van der Waals surface area contributed by atoms with Gasteiger partial charge in [-0.25, -0.2) is 8.42 Å². The van der Waals surface area contributed by atoms with Crippen LogP contribution >= 0.6 is 0 Å². The summed E-state index contributed by atoms with van der Waals surface area (Å²) < 4.78 is 36.9. The third kappa shape index (κ3) is 8.15. The van der Waals surface area contributed by atoms with Crippen LogP contribution in [0.25, 0.3) is 0 Å². The molecular weight excluding hydrogens is 255 g/mol. The first-order valence-electron chi connectivity index (χ1n) is 5.07. The summed E-state index contributed by atoms with van der Waals surface area (Å²) in [7, 11) is -4.41. The van der Waals surface area contributed by atoms with Crippen LogP contribution in [0.15, 0.2) is 0 Å². The summed E-state index contributed by atoms with van der Waals surface area (Å²) >= 11 is 0. The number of hydrogen-bond donors (Lipinski definition) is 0. The van der Waals surface area contributed by atoms with Gasteiger partial charge in [0.25, 0.3) is 0 Å². The molecule has 0 aliphatic heterocycles. The second-order valence-electron chi connectivity index (χ2n) is 5.09. The van der Waals surface area contributed by atoms with Crippen molar-refractivity contribution in [1.29, 1.82) is 0 Å². The first kappa shape index (κ1) is 19.7. The average Bonchev–Trinajstić information content (AvgIpc) is 1.98. The Bertz CT molecular complexity index is 359. The molecule has 0 aromatic rings. The van der Waals surface area contributed by atoms with E-state index in [0.29, 0.717) is 6.42 Å². The Morgan fingerprint density at radius 2 is 1.65 bits per heavy atom. The Balaban J connectivity index is 0. The van der Waals surface area contributed by atoms with Crippen molar-refractivity contribution in [3.63, 3.8) is 0 Å². The molecule has 0 spiro atoms. The maximum Gasteiger partial charge on any atom is 1.00 e. The molecule has 0 bridgehead atoms. The average molecular weight is 274 g/mol. The maximum absolute atomic E-state index is 11.7. The summed E-state index contributed by atoms with van der Waals surface area (Å²) in [6.07, 6.45) is 0.575. The summed E-state index contributed by atoms with van der Waals surface area (Å²) in [4.78, 5) is 11.7. The van der Waals surface area contributed by atoms with Crippen molar-refractivity contribution in [1.82, 2.24) is 0 Å². The second kappa shape index (κ2) is 6.52. The molecule has 0 heterocycles. The Morgan fingerprint density at radius 1 is 1.24 bits per heavy atom. The Hall–Kier alpha value is 0.380. The summed E-state index contributed by atoms with van der Waals surface area (Å²) in [5.74, 6) is -1.21. The van der Waals surface area contributed by atoms with Crippen molar-refractivity contribution in [2.75, 3.05) is 5.75 Å². The number of carbonyl (C=O) groups is 1. The van der Waals surface area contributed by atoms with E-state index in [9.17, 15) is 17.8 Å². The van der Waals surface area contributed by atoms with E-state index in [1.54, 1.807) is 13.8 Å². The fourth-order valence-electron chi connectivity index (χ4n) is 0.989. The zero-order chi connectivity index (χ0) is 13.2. The zero-order valence-corrected chi connectivity index (χ0v) is 14.2. The van der Waals surface area contributed by atoms with Crippen molar-refractivity contribution < 1.29 is 52.1 Å². The molecule has 0 radical (unpaired) electrons. The van der Waals surface area contributed by atoms with Gasteiger partial charge in [0, 0.05) is 0 Å². The van der Waals surface area contributed by atoms with E-state index in [2.05, 4.69) is 0 Å². The van der Waals surface area contributed by atoms with Crippen LogP contribution in [0.2, 0.25) is 0 Å². The fraction of sp³-hybridized carbons (Fsp3) is 0.900.